The molecule has 0 amide bonds. The molecule has 2 unspecified atom stereocenters. The molecule has 2 rings (SSSR count). The van der Waals surface area contributed by atoms with Gasteiger partial charge in [-0.1, -0.05) is 6.92 Å². The van der Waals surface area contributed by atoms with Gasteiger partial charge in [0.05, 0.1) is 10.8 Å². The number of nitrogens with zero attached hydrogens (tertiary/aromatic N) is 1. The summed E-state index contributed by atoms with van der Waals surface area (Å²) in [6.45, 7) is 6.50. The van der Waals surface area contributed by atoms with Crippen LogP contribution in [0.15, 0.2) is 11.0 Å². The second kappa shape index (κ2) is 5.93. The van der Waals surface area contributed by atoms with Gasteiger partial charge in [0.2, 0.25) is 10.0 Å². The van der Waals surface area contributed by atoms with Crippen LogP contribution in [0.3, 0.4) is 0 Å². The monoisotopic (exact) mass is 339 g/mol. The van der Waals surface area contributed by atoms with Crippen molar-refractivity contribution in [1.29, 1.82) is 0 Å². The van der Waals surface area contributed by atoms with Crippen LogP contribution in [0.25, 0.3) is 0 Å². The minimum Gasteiger partial charge on any atom is -0.207 e. The number of alkyl halides is 1. The van der Waals surface area contributed by atoms with E-state index in [0.717, 1.165) is 15.5 Å². The van der Waals surface area contributed by atoms with E-state index in [4.69, 9.17) is 11.6 Å². The molecule has 108 valence electrons. The first-order valence-electron chi connectivity index (χ1n) is 6.16. The van der Waals surface area contributed by atoms with Gasteiger partial charge in [-0.25, -0.2) is 8.42 Å². The Balaban J connectivity index is 2.38. The van der Waals surface area contributed by atoms with Crippen LogP contribution in [0.1, 0.15) is 23.6 Å². The summed E-state index contributed by atoms with van der Waals surface area (Å²) < 4.78 is 27.2. The Morgan fingerprint density at radius 3 is 2.74 bits per heavy atom. The molecule has 19 heavy (non-hydrogen) atoms. The molecular weight excluding hydrogens is 322 g/mol. The zero-order chi connectivity index (χ0) is 14.2. The third-order valence-corrected chi connectivity index (χ3v) is 8.54. The molecule has 1 saturated heterocycles. The first-order valence-corrected chi connectivity index (χ1v) is 10.0. The maximum atomic E-state index is 12.8. The van der Waals surface area contributed by atoms with Gasteiger partial charge < -0.3 is 0 Å². The molecule has 0 bridgehead atoms. The van der Waals surface area contributed by atoms with E-state index in [9.17, 15) is 8.42 Å². The zero-order valence-electron chi connectivity index (χ0n) is 11.2. The Bertz CT molecular complexity index is 555. The van der Waals surface area contributed by atoms with Crippen molar-refractivity contribution in [3.8, 4) is 0 Å². The Labute approximate surface area is 128 Å². The summed E-state index contributed by atoms with van der Waals surface area (Å²) in [7, 11) is -3.39. The molecule has 1 aromatic heterocycles. The van der Waals surface area contributed by atoms with Crippen molar-refractivity contribution in [3.63, 3.8) is 0 Å². The van der Waals surface area contributed by atoms with Gasteiger partial charge in [0, 0.05) is 33.3 Å². The fourth-order valence-corrected chi connectivity index (χ4v) is 6.91. The highest BCUT2D eigenvalue weighted by Crippen LogP contribution is 2.33. The van der Waals surface area contributed by atoms with E-state index < -0.39 is 10.0 Å². The molecule has 0 N–H and O–H groups in total. The van der Waals surface area contributed by atoms with E-state index in [1.807, 2.05) is 25.6 Å². The number of hydrogen-bond donors (Lipinski definition) is 0. The topological polar surface area (TPSA) is 37.4 Å². The fraction of sp³-hybridized carbons (Fsp3) is 0.667. The predicted octanol–water partition coefficient (Wildman–Crippen LogP) is 3.31. The van der Waals surface area contributed by atoms with E-state index in [2.05, 4.69) is 6.92 Å². The molecule has 1 fully saturated rings. The number of thioether (sulfide) groups is 1. The Morgan fingerprint density at radius 2 is 2.16 bits per heavy atom. The number of halogens is 1. The summed E-state index contributed by atoms with van der Waals surface area (Å²) in [5, 5.41) is 0.329. The number of thiophene rings is 1. The van der Waals surface area contributed by atoms with Gasteiger partial charge in [0.25, 0.3) is 0 Å². The lowest BCUT2D eigenvalue weighted by Gasteiger charge is -2.36. The summed E-state index contributed by atoms with van der Waals surface area (Å²) in [5.41, 5.74) is 0. The van der Waals surface area contributed by atoms with Crippen molar-refractivity contribution >= 4 is 44.7 Å². The van der Waals surface area contributed by atoms with Crippen molar-refractivity contribution in [1.82, 2.24) is 4.31 Å². The number of hydrogen-bond acceptors (Lipinski definition) is 4. The van der Waals surface area contributed by atoms with Gasteiger partial charge in [-0.3, -0.25) is 0 Å². The van der Waals surface area contributed by atoms with Crippen LogP contribution < -0.4 is 0 Å². The molecule has 2 atom stereocenters. The molecule has 0 spiro atoms. The summed E-state index contributed by atoms with van der Waals surface area (Å²) in [6, 6.07) is 1.75. The molecule has 0 radical (unpaired) electrons. The smallest absolute Gasteiger partial charge is 0.207 e. The maximum Gasteiger partial charge on any atom is 0.244 e. The average Bonchev–Trinajstić information content (AvgIpc) is 2.74. The van der Waals surface area contributed by atoms with Crippen LogP contribution in [0.5, 0.6) is 0 Å². The lowest BCUT2D eigenvalue weighted by Crippen LogP contribution is -2.47. The second-order valence-electron chi connectivity index (χ2n) is 4.70. The fourth-order valence-electron chi connectivity index (χ4n) is 2.22. The average molecular weight is 340 g/mol. The highest BCUT2D eigenvalue weighted by molar-refractivity contribution is 8.00. The molecule has 0 saturated carbocycles. The first kappa shape index (κ1) is 15.6. The minimum atomic E-state index is -3.39. The van der Waals surface area contributed by atoms with Crippen LogP contribution in [-0.2, 0) is 15.9 Å². The van der Waals surface area contributed by atoms with Crippen LogP contribution in [0.4, 0.5) is 0 Å². The zero-order valence-corrected chi connectivity index (χ0v) is 14.4. The van der Waals surface area contributed by atoms with Gasteiger partial charge in [0.15, 0.2) is 0 Å². The van der Waals surface area contributed by atoms with Gasteiger partial charge in [0.1, 0.15) is 0 Å². The molecule has 1 aliphatic rings. The van der Waals surface area contributed by atoms with E-state index in [1.54, 1.807) is 10.4 Å². The number of aryl methyl sites for hydroxylation is 1. The Morgan fingerprint density at radius 1 is 1.47 bits per heavy atom. The van der Waals surface area contributed by atoms with E-state index >= 15 is 0 Å². The summed E-state index contributed by atoms with van der Waals surface area (Å²) >= 11 is 9.09. The molecule has 7 heteroatoms. The van der Waals surface area contributed by atoms with Gasteiger partial charge in [-0.05, 0) is 19.9 Å². The quantitative estimate of drug-likeness (QED) is 0.793. The lowest BCUT2D eigenvalue weighted by atomic mass is 10.2. The van der Waals surface area contributed by atoms with Crippen molar-refractivity contribution in [2.24, 2.45) is 0 Å². The van der Waals surface area contributed by atoms with Crippen LogP contribution in [0.2, 0.25) is 0 Å². The molecular formula is C12H18ClNO2S3. The number of sulfonamides is 1. The van der Waals surface area contributed by atoms with Gasteiger partial charge >= 0.3 is 0 Å². The van der Waals surface area contributed by atoms with Crippen molar-refractivity contribution < 1.29 is 8.42 Å². The SMILES string of the molecule is Cc1sc(CCl)cc1S(=O)(=O)N1CCSC(C)C1C. The van der Waals surface area contributed by atoms with Crippen molar-refractivity contribution in [3.05, 3.63) is 15.8 Å². The molecule has 3 nitrogen and oxygen atoms in total. The van der Waals surface area contributed by atoms with Crippen LogP contribution in [0, 0.1) is 6.92 Å². The van der Waals surface area contributed by atoms with Crippen molar-refractivity contribution in [2.75, 3.05) is 12.3 Å². The molecule has 1 aliphatic heterocycles. The summed E-state index contributed by atoms with van der Waals surface area (Å²) in [6.07, 6.45) is 0. The molecule has 2 heterocycles. The largest absolute Gasteiger partial charge is 0.244 e. The Kier molecular flexibility index (Phi) is 4.88. The minimum absolute atomic E-state index is 0.0301. The van der Waals surface area contributed by atoms with E-state index in [1.165, 1.54) is 11.3 Å². The molecule has 0 aliphatic carbocycles. The molecule has 0 aromatic carbocycles. The van der Waals surface area contributed by atoms with E-state index in [-0.39, 0.29) is 6.04 Å². The van der Waals surface area contributed by atoms with Gasteiger partial charge in [-0.2, -0.15) is 16.1 Å². The third kappa shape index (κ3) is 2.97. The Hall–Kier alpha value is 0.250. The highest BCUT2D eigenvalue weighted by Gasteiger charge is 2.36. The predicted molar refractivity (Wildman–Crippen MR) is 83.9 cm³/mol. The van der Waals surface area contributed by atoms with Crippen molar-refractivity contribution in [2.45, 2.75) is 42.8 Å². The summed E-state index contributed by atoms with van der Waals surface area (Å²) in [5.74, 6) is 1.22. The highest BCUT2D eigenvalue weighted by atomic mass is 35.5. The third-order valence-electron chi connectivity index (χ3n) is 3.47. The lowest BCUT2D eigenvalue weighted by molar-refractivity contribution is 0.340. The van der Waals surface area contributed by atoms with Gasteiger partial charge in [-0.15, -0.1) is 22.9 Å². The van der Waals surface area contributed by atoms with Crippen LogP contribution in [-0.4, -0.2) is 36.3 Å². The van der Waals surface area contributed by atoms with Crippen LogP contribution >= 0.6 is 34.7 Å². The number of rotatable bonds is 3. The van der Waals surface area contributed by atoms with E-state index in [0.29, 0.717) is 22.6 Å². The summed E-state index contributed by atoms with van der Waals surface area (Å²) in [4.78, 5) is 2.16. The normalized spacial score (nSPS) is 25.7. The second-order valence-corrected chi connectivity index (χ2v) is 9.65. The standard InChI is InChI=1S/C12H18ClNO2S3/c1-8-9(2)17-5-4-14(8)19(15,16)12-6-11(7-13)18-10(12)3/h6,8-9H,4-5,7H2,1-3H3. The maximum absolute atomic E-state index is 12.8. The first-order chi connectivity index (χ1) is 8.87. The molecule has 1 aromatic rings.